The van der Waals surface area contributed by atoms with Gasteiger partial charge in [-0.05, 0) is 37.1 Å². The summed E-state index contributed by atoms with van der Waals surface area (Å²) < 4.78 is 15.7. The lowest BCUT2D eigenvalue weighted by molar-refractivity contribution is -0.126. The second-order valence-electron chi connectivity index (χ2n) is 5.98. The number of hydrogen-bond acceptors (Lipinski definition) is 5. The highest BCUT2D eigenvalue weighted by Gasteiger charge is 2.30. The molecule has 0 N–H and O–H groups in total. The number of carbonyl (C=O) groups excluding carboxylic acids is 2. The molecular weight excluding hydrogens is 334 g/mol. The van der Waals surface area contributed by atoms with Crippen LogP contribution in [0.2, 0.25) is 0 Å². The zero-order chi connectivity index (χ0) is 18.7. The zero-order valence-electron chi connectivity index (χ0n) is 15.0. The molecule has 1 aliphatic rings. The molecule has 1 aliphatic heterocycles. The molecule has 0 radical (unpaired) electrons. The van der Waals surface area contributed by atoms with Gasteiger partial charge in [0, 0.05) is 18.3 Å². The fourth-order valence-electron chi connectivity index (χ4n) is 3.03. The predicted molar refractivity (Wildman–Crippen MR) is 96.9 cm³/mol. The second-order valence-corrected chi connectivity index (χ2v) is 5.98. The molecule has 1 atom stereocenters. The second kappa shape index (κ2) is 7.47. The van der Waals surface area contributed by atoms with Crippen molar-refractivity contribution in [3.05, 3.63) is 53.6 Å². The van der Waals surface area contributed by atoms with E-state index in [1.165, 1.54) is 14.2 Å². The highest BCUT2D eigenvalue weighted by molar-refractivity contribution is 6.01. The molecule has 3 rings (SSSR count). The van der Waals surface area contributed by atoms with Crippen LogP contribution in [0.3, 0.4) is 0 Å². The van der Waals surface area contributed by atoms with Crippen molar-refractivity contribution < 1.29 is 23.8 Å². The van der Waals surface area contributed by atoms with Gasteiger partial charge in [-0.2, -0.15) is 0 Å². The van der Waals surface area contributed by atoms with Crippen molar-refractivity contribution in [1.82, 2.24) is 0 Å². The van der Waals surface area contributed by atoms with Gasteiger partial charge in [0.05, 0.1) is 14.2 Å². The van der Waals surface area contributed by atoms with E-state index in [0.29, 0.717) is 18.0 Å². The molecule has 0 saturated carbocycles. The minimum atomic E-state index is -0.902. The van der Waals surface area contributed by atoms with Crippen LogP contribution < -0.4 is 14.4 Å². The van der Waals surface area contributed by atoms with Gasteiger partial charge >= 0.3 is 5.97 Å². The number of para-hydroxylation sites is 1. The SMILES string of the molecule is COc1ccc(C(=O)O[C@H](C)C(=O)N2CCc3ccccc32)c(OC)c1. The number of benzene rings is 2. The van der Waals surface area contributed by atoms with Crippen molar-refractivity contribution in [1.29, 1.82) is 0 Å². The Bertz CT molecular complexity index is 833. The summed E-state index contributed by atoms with van der Waals surface area (Å²) in [6.45, 7) is 2.17. The summed E-state index contributed by atoms with van der Waals surface area (Å²) in [5.41, 5.74) is 2.24. The van der Waals surface area contributed by atoms with Crippen LogP contribution >= 0.6 is 0 Å². The Morgan fingerprint density at radius 3 is 2.58 bits per heavy atom. The number of nitrogens with zero attached hydrogens (tertiary/aromatic N) is 1. The summed E-state index contributed by atoms with van der Waals surface area (Å²) in [6.07, 6.45) is -0.102. The highest BCUT2D eigenvalue weighted by atomic mass is 16.5. The van der Waals surface area contributed by atoms with Crippen LogP contribution in [0.15, 0.2) is 42.5 Å². The molecule has 0 fully saturated rings. The number of methoxy groups -OCH3 is 2. The van der Waals surface area contributed by atoms with E-state index >= 15 is 0 Å². The van der Waals surface area contributed by atoms with Gasteiger partial charge in [-0.3, -0.25) is 4.79 Å². The maximum absolute atomic E-state index is 12.7. The molecule has 2 aromatic rings. The molecule has 0 spiro atoms. The number of hydrogen-bond donors (Lipinski definition) is 0. The zero-order valence-corrected chi connectivity index (χ0v) is 15.0. The van der Waals surface area contributed by atoms with Crippen molar-refractivity contribution in [3.8, 4) is 11.5 Å². The molecule has 2 aromatic carbocycles. The largest absolute Gasteiger partial charge is 0.497 e. The van der Waals surface area contributed by atoms with Crippen LogP contribution in [0.5, 0.6) is 11.5 Å². The van der Waals surface area contributed by atoms with Gasteiger partial charge in [-0.1, -0.05) is 18.2 Å². The normalized spacial score (nSPS) is 13.7. The first-order valence-electron chi connectivity index (χ1n) is 8.37. The number of carbonyl (C=O) groups is 2. The first-order chi connectivity index (χ1) is 12.5. The van der Waals surface area contributed by atoms with Crippen LogP contribution in [0.25, 0.3) is 0 Å². The molecule has 26 heavy (non-hydrogen) atoms. The van der Waals surface area contributed by atoms with Gasteiger partial charge < -0.3 is 19.1 Å². The summed E-state index contributed by atoms with van der Waals surface area (Å²) in [7, 11) is 2.99. The van der Waals surface area contributed by atoms with E-state index in [4.69, 9.17) is 14.2 Å². The standard InChI is InChI=1S/C20H21NO5/c1-13(19(22)21-11-10-14-6-4-5-7-17(14)21)26-20(23)16-9-8-15(24-2)12-18(16)25-3/h4-9,12-13H,10-11H2,1-3H3/t13-/m1/s1. The summed E-state index contributed by atoms with van der Waals surface area (Å²) in [5, 5.41) is 0. The number of fused-ring (bicyclic) bond motifs is 1. The topological polar surface area (TPSA) is 65.1 Å². The van der Waals surface area contributed by atoms with E-state index in [1.807, 2.05) is 24.3 Å². The Labute approximate surface area is 152 Å². The first-order valence-corrected chi connectivity index (χ1v) is 8.37. The number of esters is 1. The molecule has 0 bridgehead atoms. The lowest BCUT2D eigenvalue weighted by atomic mass is 10.2. The Balaban J connectivity index is 1.73. The molecule has 6 heteroatoms. The average Bonchev–Trinajstić information content (AvgIpc) is 3.10. The molecular formula is C20H21NO5. The molecule has 136 valence electrons. The van der Waals surface area contributed by atoms with Crippen LogP contribution in [0.1, 0.15) is 22.8 Å². The van der Waals surface area contributed by atoms with Crippen molar-refractivity contribution in [2.75, 3.05) is 25.7 Å². The fraction of sp³-hybridized carbons (Fsp3) is 0.300. The minimum Gasteiger partial charge on any atom is -0.497 e. The van der Waals surface area contributed by atoms with Crippen LogP contribution in [0.4, 0.5) is 5.69 Å². The molecule has 1 heterocycles. The van der Waals surface area contributed by atoms with Gasteiger partial charge in [0.2, 0.25) is 0 Å². The molecule has 0 unspecified atom stereocenters. The number of amides is 1. The monoisotopic (exact) mass is 355 g/mol. The van der Waals surface area contributed by atoms with Crippen LogP contribution in [-0.2, 0) is 16.0 Å². The lowest BCUT2D eigenvalue weighted by Gasteiger charge is -2.22. The van der Waals surface area contributed by atoms with Gasteiger partial charge in [-0.25, -0.2) is 4.79 Å². The third-order valence-electron chi connectivity index (χ3n) is 4.41. The average molecular weight is 355 g/mol. The number of rotatable bonds is 5. The fourth-order valence-corrected chi connectivity index (χ4v) is 3.03. The third-order valence-corrected chi connectivity index (χ3v) is 4.41. The predicted octanol–water partition coefficient (Wildman–Crippen LogP) is 2.84. The summed E-state index contributed by atoms with van der Waals surface area (Å²) in [4.78, 5) is 26.9. The summed E-state index contributed by atoms with van der Waals surface area (Å²) in [6, 6.07) is 12.5. The van der Waals surface area contributed by atoms with E-state index in [9.17, 15) is 9.59 Å². The summed E-state index contributed by atoms with van der Waals surface area (Å²) >= 11 is 0. The minimum absolute atomic E-state index is 0.240. The van der Waals surface area contributed by atoms with Gasteiger partial charge in [0.1, 0.15) is 17.1 Å². The van der Waals surface area contributed by atoms with Gasteiger partial charge in [-0.15, -0.1) is 0 Å². The Morgan fingerprint density at radius 2 is 1.85 bits per heavy atom. The summed E-state index contributed by atoms with van der Waals surface area (Å²) in [5.74, 6) is 0.0466. The van der Waals surface area contributed by atoms with E-state index in [1.54, 1.807) is 30.0 Å². The lowest BCUT2D eigenvalue weighted by Crippen LogP contribution is -2.39. The van der Waals surface area contributed by atoms with Crippen molar-refractivity contribution in [3.63, 3.8) is 0 Å². The highest BCUT2D eigenvalue weighted by Crippen LogP contribution is 2.29. The number of anilines is 1. The quantitative estimate of drug-likeness (QED) is 0.772. The maximum atomic E-state index is 12.7. The van der Waals surface area contributed by atoms with Gasteiger partial charge in [0.15, 0.2) is 6.10 Å². The van der Waals surface area contributed by atoms with E-state index in [-0.39, 0.29) is 11.5 Å². The van der Waals surface area contributed by atoms with E-state index in [0.717, 1.165) is 17.7 Å². The molecule has 0 saturated heterocycles. The van der Waals surface area contributed by atoms with Crippen molar-refractivity contribution >= 4 is 17.6 Å². The van der Waals surface area contributed by atoms with Crippen LogP contribution in [-0.4, -0.2) is 38.7 Å². The Kier molecular flexibility index (Phi) is 5.11. The van der Waals surface area contributed by atoms with Crippen molar-refractivity contribution in [2.24, 2.45) is 0 Å². The molecule has 1 amide bonds. The number of ether oxygens (including phenoxy) is 3. The Hall–Kier alpha value is -3.02. The molecule has 0 aliphatic carbocycles. The van der Waals surface area contributed by atoms with E-state index < -0.39 is 12.1 Å². The Morgan fingerprint density at radius 1 is 1.08 bits per heavy atom. The maximum Gasteiger partial charge on any atom is 0.342 e. The smallest absolute Gasteiger partial charge is 0.342 e. The van der Waals surface area contributed by atoms with E-state index in [2.05, 4.69) is 0 Å². The van der Waals surface area contributed by atoms with Gasteiger partial charge in [0.25, 0.3) is 5.91 Å². The first kappa shape index (κ1) is 17.8. The molecule has 0 aromatic heterocycles. The molecule has 6 nitrogen and oxygen atoms in total. The third kappa shape index (κ3) is 3.35. The van der Waals surface area contributed by atoms with Crippen molar-refractivity contribution in [2.45, 2.75) is 19.4 Å². The van der Waals surface area contributed by atoms with Crippen LogP contribution in [0, 0.1) is 0 Å².